The maximum atomic E-state index is 8.54. The van der Waals surface area contributed by atoms with Crippen LogP contribution in [0.15, 0.2) is 30.3 Å². The van der Waals surface area contributed by atoms with Crippen LogP contribution in [0, 0.1) is 0 Å². The molecule has 0 saturated carbocycles. The van der Waals surface area contributed by atoms with E-state index in [4.69, 9.17) is 17.3 Å². The van der Waals surface area contributed by atoms with Gasteiger partial charge in [-0.3, -0.25) is 4.90 Å². The average molecular weight is 410 g/mol. The minimum Gasteiger partial charge on any atom is -0.392 e. The molecule has 2 saturated heterocycles. The number of hydrogen-bond acceptors (Lipinski definition) is 4. The summed E-state index contributed by atoms with van der Waals surface area (Å²) in [5.41, 5.74) is 0.965. The Balaban J connectivity index is 0.000000374. The fourth-order valence-corrected chi connectivity index (χ4v) is 3.05. The first kappa shape index (κ1) is 27.0. The lowest BCUT2D eigenvalue weighted by atomic mass is 10.1. The van der Waals surface area contributed by atoms with Crippen LogP contribution in [0.2, 0.25) is 0 Å². The van der Waals surface area contributed by atoms with Gasteiger partial charge in [-0.25, -0.2) is 0 Å². The van der Waals surface area contributed by atoms with Crippen LogP contribution in [0.1, 0.15) is 58.9 Å². The van der Waals surface area contributed by atoms with Crippen molar-refractivity contribution < 1.29 is 5.11 Å². The van der Waals surface area contributed by atoms with E-state index in [1.54, 1.807) is 0 Å². The number of aliphatic hydroxyl groups excluding tert-OH is 1. The van der Waals surface area contributed by atoms with Crippen molar-refractivity contribution in [3.05, 3.63) is 35.9 Å². The lowest BCUT2D eigenvalue weighted by Crippen LogP contribution is -2.59. The van der Waals surface area contributed by atoms with Crippen molar-refractivity contribution in [1.29, 1.82) is 0 Å². The zero-order valence-corrected chi connectivity index (χ0v) is 19.8. The van der Waals surface area contributed by atoms with E-state index in [9.17, 15) is 0 Å². The molecule has 0 radical (unpaired) electrons. The second-order valence-electron chi connectivity index (χ2n) is 7.30. The van der Waals surface area contributed by atoms with Gasteiger partial charge in [0, 0.05) is 38.8 Å². The average Bonchev–Trinajstić information content (AvgIpc) is 2.88. The third-order valence-electron chi connectivity index (χ3n) is 4.88. The molecule has 1 aromatic rings. The summed E-state index contributed by atoms with van der Waals surface area (Å²) >= 11 is 5.14. The Morgan fingerprint density at radius 3 is 2.18 bits per heavy atom. The van der Waals surface area contributed by atoms with Crippen LogP contribution in [0.4, 0.5) is 0 Å². The largest absolute Gasteiger partial charge is 0.392 e. The Hall–Kier alpha value is -1.01. The smallest absolute Gasteiger partial charge is 0.0776 e. The number of hydrogen-bond donors (Lipinski definition) is 2. The predicted octanol–water partition coefficient (Wildman–Crippen LogP) is 4.32. The van der Waals surface area contributed by atoms with Gasteiger partial charge < -0.3 is 15.3 Å². The summed E-state index contributed by atoms with van der Waals surface area (Å²) in [6.07, 6.45) is 5.09. The molecule has 0 amide bonds. The SMILES string of the molecule is CC.CN1CCCCCC1=S.CNC1CN(C(C)C)C1.OCc1ccccc1. The standard InChI is InChI=1S/C7H16N2.C7H13NS.C7H8O.C2H6/c1-6(2)9-4-7(5-9)8-3;1-8-6-4-2-3-5-7(8)9;8-6-7-4-2-1-3-5-7;1-2/h6-8H,4-5H2,1-3H3;2-6H2,1H3;1-5,8H,6H2;1-2H3. The molecular formula is C23H43N3OS. The third-order valence-corrected chi connectivity index (χ3v) is 5.40. The molecule has 162 valence electrons. The number of likely N-dealkylation sites (tertiary alicyclic amines) is 2. The number of thiocarbonyl (C=S) groups is 1. The molecule has 4 nitrogen and oxygen atoms in total. The highest BCUT2D eigenvalue weighted by molar-refractivity contribution is 7.80. The summed E-state index contributed by atoms with van der Waals surface area (Å²) in [4.78, 5) is 5.80. The van der Waals surface area contributed by atoms with Crippen LogP contribution in [-0.2, 0) is 6.61 Å². The van der Waals surface area contributed by atoms with Gasteiger partial charge in [-0.05, 0) is 45.7 Å². The van der Waals surface area contributed by atoms with Crippen molar-refractivity contribution in [3.8, 4) is 0 Å². The summed E-state index contributed by atoms with van der Waals surface area (Å²) in [6.45, 7) is 12.2. The Morgan fingerprint density at radius 1 is 1.11 bits per heavy atom. The van der Waals surface area contributed by atoms with Gasteiger partial charge in [0.1, 0.15) is 0 Å². The molecule has 0 spiro atoms. The molecule has 0 atom stereocenters. The summed E-state index contributed by atoms with van der Waals surface area (Å²) in [5, 5.41) is 11.8. The van der Waals surface area contributed by atoms with Crippen LogP contribution in [0.25, 0.3) is 0 Å². The van der Waals surface area contributed by atoms with Crippen LogP contribution in [0.3, 0.4) is 0 Å². The molecule has 28 heavy (non-hydrogen) atoms. The zero-order valence-electron chi connectivity index (χ0n) is 18.9. The highest BCUT2D eigenvalue weighted by Gasteiger charge is 2.26. The van der Waals surface area contributed by atoms with Crippen LogP contribution in [0.5, 0.6) is 0 Å². The fourth-order valence-electron chi connectivity index (χ4n) is 2.82. The predicted molar refractivity (Wildman–Crippen MR) is 127 cm³/mol. The first-order chi connectivity index (χ1) is 13.5. The molecule has 2 heterocycles. The van der Waals surface area contributed by atoms with Crippen molar-refractivity contribution >= 4 is 17.2 Å². The van der Waals surface area contributed by atoms with Crippen molar-refractivity contribution in [2.24, 2.45) is 0 Å². The number of nitrogens with zero attached hydrogens (tertiary/aromatic N) is 2. The number of rotatable bonds is 3. The Bertz CT molecular complexity index is 490. The Morgan fingerprint density at radius 2 is 1.71 bits per heavy atom. The van der Waals surface area contributed by atoms with Crippen LogP contribution < -0.4 is 5.32 Å². The second kappa shape index (κ2) is 16.9. The van der Waals surface area contributed by atoms with Crippen molar-refractivity contribution in [2.75, 3.05) is 33.7 Å². The molecule has 0 aliphatic carbocycles. The van der Waals surface area contributed by atoms with Crippen molar-refractivity contribution in [1.82, 2.24) is 15.1 Å². The van der Waals surface area contributed by atoms with E-state index in [0.717, 1.165) is 29.1 Å². The molecule has 2 aliphatic rings. The monoisotopic (exact) mass is 409 g/mol. The number of nitrogens with one attached hydrogen (secondary N) is 1. The van der Waals surface area contributed by atoms with E-state index < -0.39 is 0 Å². The van der Waals surface area contributed by atoms with Gasteiger partial charge in [0.15, 0.2) is 0 Å². The van der Waals surface area contributed by atoms with Crippen LogP contribution >= 0.6 is 12.2 Å². The van der Waals surface area contributed by atoms with Gasteiger partial charge in [0.25, 0.3) is 0 Å². The Labute approximate surface area is 179 Å². The summed E-state index contributed by atoms with van der Waals surface area (Å²) in [6, 6.07) is 11.0. The summed E-state index contributed by atoms with van der Waals surface area (Å²) in [5.74, 6) is 0. The van der Waals surface area contributed by atoms with E-state index >= 15 is 0 Å². The molecule has 0 aromatic heterocycles. The minimum atomic E-state index is 0.140. The Kier molecular flexibility index (Phi) is 16.3. The molecule has 1 aromatic carbocycles. The molecule has 5 heteroatoms. The third kappa shape index (κ3) is 11.7. The molecule has 2 aliphatic heterocycles. The molecule has 0 unspecified atom stereocenters. The van der Waals surface area contributed by atoms with E-state index in [2.05, 4.69) is 36.0 Å². The van der Waals surface area contributed by atoms with Crippen molar-refractivity contribution in [3.63, 3.8) is 0 Å². The summed E-state index contributed by atoms with van der Waals surface area (Å²) < 4.78 is 0. The first-order valence-electron chi connectivity index (χ1n) is 10.8. The molecule has 3 rings (SSSR count). The van der Waals surface area contributed by atoms with Crippen LogP contribution in [-0.4, -0.2) is 65.7 Å². The maximum absolute atomic E-state index is 8.54. The topological polar surface area (TPSA) is 38.7 Å². The first-order valence-corrected chi connectivity index (χ1v) is 11.2. The molecular weight excluding hydrogens is 366 g/mol. The number of benzene rings is 1. The fraction of sp³-hybridized carbons (Fsp3) is 0.696. The van der Waals surface area contributed by atoms with E-state index in [0.29, 0.717) is 0 Å². The molecule has 0 bridgehead atoms. The van der Waals surface area contributed by atoms with Gasteiger partial charge in [-0.1, -0.05) is 62.8 Å². The van der Waals surface area contributed by atoms with Gasteiger partial charge >= 0.3 is 0 Å². The van der Waals surface area contributed by atoms with Gasteiger partial charge in [0.2, 0.25) is 0 Å². The minimum absolute atomic E-state index is 0.140. The number of aliphatic hydroxyl groups is 1. The summed E-state index contributed by atoms with van der Waals surface area (Å²) in [7, 11) is 4.12. The maximum Gasteiger partial charge on any atom is 0.0776 e. The molecule has 2 fully saturated rings. The normalized spacial score (nSPS) is 17.1. The van der Waals surface area contributed by atoms with Gasteiger partial charge in [-0.15, -0.1) is 0 Å². The molecule has 2 N–H and O–H groups in total. The zero-order chi connectivity index (χ0) is 21.4. The van der Waals surface area contributed by atoms with Gasteiger partial charge in [-0.2, -0.15) is 0 Å². The van der Waals surface area contributed by atoms with E-state index in [-0.39, 0.29) is 6.61 Å². The quantitative estimate of drug-likeness (QED) is 0.727. The highest BCUT2D eigenvalue weighted by Crippen LogP contribution is 2.10. The number of likely N-dealkylation sites (N-methyl/N-ethyl adjacent to an activating group) is 1. The lowest BCUT2D eigenvalue weighted by Gasteiger charge is -2.41. The lowest BCUT2D eigenvalue weighted by molar-refractivity contribution is 0.0966. The van der Waals surface area contributed by atoms with E-state index in [1.807, 2.05) is 51.2 Å². The second-order valence-corrected chi connectivity index (χ2v) is 7.77. The van der Waals surface area contributed by atoms with E-state index in [1.165, 1.54) is 38.9 Å². The highest BCUT2D eigenvalue weighted by atomic mass is 32.1. The van der Waals surface area contributed by atoms with Gasteiger partial charge in [0.05, 0.1) is 11.6 Å². The van der Waals surface area contributed by atoms with Crippen molar-refractivity contribution in [2.45, 2.75) is 72.1 Å².